The zero-order chi connectivity index (χ0) is 25.8. The smallest absolute Gasteiger partial charge is 0.311 e. The van der Waals surface area contributed by atoms with Crippen LogP contribution in [0.5, 0.6) is 5.75 Å². The highest BCUT2D eigenvalue weighted by Gasteiger charge is 2.64. The highest BCUT2D eigenvalue weighted by molar-refractivity contribution is 7.17. The van der Waals surface area contributed by atoms with Crippen molar-refractivity contribution in [3.05, 3.63) is 63.0 Å². The van der Waals surface area contributed by atoms with Gasteiger partial charge < -0.3 is 25.0 Å². The number of hydrogen-bond donors (Lipinski definition) is 3. The summed E-state index contributed by atoms with van der Waals surface area (Å²) in [4.78, 5) is 11.6. The van der Waals surface area contributed by atoms with Crippen LogP contribution in [0.1, 0.15) is 55.0 Å². The first-order chi connectivity index (χ1) is 17.1. The number of fused-ring (bicyclic) bond motifs is 4. The lowest BCUT2D eigenvalue weighted by molar-refractivity contribution is -0.139. The molecule has 0 amide bonds. The Kier molecular flexibility index (Phi) is 6.81. The molecule has 2 heterocycles. The number of thiophene rings is 1. The van der Waals surface area contributed by atoms with Crippen molar-refractivity contribution < 1.29 is 24.5 Å². The maximum atomic E-state index is 11.6. The van der Waals surface area contributed by atoms with Gasteiger partial charge in [-0.2, -0.15) is 0 Å². The Hall–Kier alpha value is -2.16. The van der Waals surface area contributed by atoms with Crippen LogP contribution in [0.25, 0.3) is 10.1 Å². The van der Waals surface area contributed by atoms with E-state index in [9.17, 15) is 15.0 Å². The molecule has 5 rings (SSSR count). The van der Waals surface area contributed by atoms with Crippen molar-refractivity contribution in [1.29, 1.82) is 0 Å². The van der Waals surface area contributed by atoms with Crippen LogP contribution in [0.3, 0.4) is 0 Å². The molecule has 0 bridgehead atoms. The van der Waals surface area contributed by atoms with Gasteiger partial charge in [-0.25, -0.2) is 0 Å². The predicted octanol–water partition coefficient (Wildman–Crippen LogP) is 5.47. The van der Waals surface area contributed by atoms with E-state index in [0.29, 0.717) is 11.6 Å². The Morgan fingerprint density at radius 3 is 2.83 bits per heavy atom. The molecule has 3 aromatic rings. The van der Waals surface area contributed by atoms with Crippen LogP contribution in [0.4, 0.5) is 0 Å². The monoisotopic (exact) mass is 529 g/mol. The van der Waals surface area contributed by atoms with E-state index in [2.05, 4.69) is 48.8 Å². The molecular formula is C28H32ClNO5S. The number of halogens is 1. The van der Waals surface area contributed by atoms with E-state index < -0.39 is 24.1 Å². The van der Waals surface area contributed by atoms with Crippen LogP contribution >= 0.6 is 22.9 Å². The number of benzene rings is 2. The average molecular weight is 530 g/mol. The second-order valence-corrected chi connectivity index (χ2v) is 12.0. The van der Waals surface area contributed by atoms with Crippen molar-refractivity contribution in [1.82, 2.24) is 5.32 Å². The van der Waals surface area contributed by atoms with E-state index in [1.807, 2.05) is 19.9 Å². The highest BCUT2D eigenvalue weighted by atomic mass is 35.5. The molecular weight excluding hydrogens is 498 g/mol. The summed E-state index contributed by atoms with van der Waals surface area (Å²) in [6.45, 7) is 8.56. The zero-order valence-corrected chi connectivity index (χ0v) is 22.4. The number of aliphatic hydroxyl groups is 1. The quantitative estimate of drug-likeness (QED) is 0.323. The van der Waals surface area contributed by atoms with Gasteiger partial charge in [0.25, 0.3) is 0 Å². The Bertz CT molecular complexity index is 1300. The van der Waals surface area contributed by atoms with Crippen molar-refractivity contribution in [3.8, 4) is 5.75 Å². The second-order valence-electron chi connectivity index (χ2n) is 10.7. The minimum Gasteiger partial charge on any atom is -0.488 e. The number of aliphatic carboxylic acids is 1. The summed E-state index contributed by atoms with van der Waals surface area (Å²) in [5.74, 6) is -0.871. The van der Waals surface area contributed by atoms with Crippen molar-refractivity contribution in [2.24, 2.45) is 5.92 Å². The van der Waals surface area contributed by atoms with Crippen LogP contribution in [0.2, 0.25) is 5.02 Å². The summed E-state index contributed by atoms with van der Waals surface area (Å²) >= 11 is 8.35. The second kappa shape index (κ2) is 9.62. The lowest BCUT2D eigenvalue weighted by Gasteiger charge is -2.28. The van der Waals surface area contributed by atoms with Crippen molar-refractivity contribution in [2.45, 2.75) is 63.9 Å². The fourth-order valence-corrected chi connectivity index (χ4v) is 6.58. The number of nitrogens with one attached hydrogen (secondary N) is 1. The molecule has 0 radical (unpaired) electrons. The van der Waals surface area contributed by atoms with Gasteiger partial charge in [-0.3, -0.25) is 4.79 Å². The third-order valence-corrected chi connectivity index (χ3v) is 8.45. The van der Waals surface area contributed by atoms with Crippen molar-refractivity contribution in [3.63, 3.8) is 0 Å². The molecule has 0 spiro atoms. The van der Waals surface area contributed by atoms with Crippen LogP contribution in [-0.2, 0) is 16.0 Å². The summed E-state index contributed by atoms with van der Waals surface area (Å²) in [7, 11) is 0. The minimum atomic E-state index is -0.854. The van der Waals surface area contributed by atoms with Gasteiger partial charge in [0.2, 0.25) is 0 Å². The number of rotatable bonds is 10. The first kappa shape index (κ1) is 25.5. The van der Waals surface area contributed by atoms with E-state index in [-0.39, 0.29) is 24.2 Å². The van der Waals surface area contributed by atoms with Crippen molar-refractivity contribution >= 4 is 39.0 Å². The molecule has 1 aliphatic carbocycles. The van der Waals surface area contributed by atoms with E-state index >= 15 is 0 Å². The third-order valence-electron chi connectivity index (χ3n) is 7.24. The fraction of sp³-hybridized carbons (Fsp3) is 0.464. The van der Waals surface area contributed by atoms with Crippen LogP contribution < -0.4 is 10.1 Å². The summed E-state index contributed by atoms with van der Waals surface area (Å²) in [5.41, 5.74) is 3.55. The van der Waals surface area contributed by atoms with Gasteiger partial charge in [0, 0.05) is 38.9 Å². The first-order valence-electron chi connectivity index (χ1n) is 12.3. The fourth-order valence-electron chi connectivity index (χ4n) is 5.39. The number of aliphatic hydroxyl groups excluding tert-OH is 1. The Balaban J connectivity index is 1.18. The highest BCUT2D eigenvalue weighted by Crippen LogP contribution is 2.62. The largest absolute Gasteiger partial charge is 0.488 e. The third kappa shape index (κ3) is 4.87. The predicted molar refractivity (Wildman–Crippen MR) is 142 cm³/mol. The summed E-state index contributed by atoms with van der Waals surface area (Å²) in [6, 6.07) is 10.5. The van der Waals surface area contributed by atoms with E-state index in [0.717, 1.165) is 28.9 Å². The molecule has 1 fully saturated rings. The van der Waals surface area contributed by atoms with E-state index in [1.54, 1.807) is 11.3 Å². The van der Waals surface area contributed by atoms with Gasteiger partial charge in [0.1, 0.15) is 17.8 Å². The zero-order valence-electron chi connectivity index (χ0n) is 20.9. The maximum absolute atomic E-state index is 11.6. The Labute approximate surface area is 220 Å². The van der Waals surface area contributed by atoms with Gasteiger partial charge in [0.15, 0.2) is 0 Å². The standard InChI is InChI=1S/C28H32ClNO5S/c1-14-9-19(29)21(22-23-24(27(32)33)26(23)35-25(14)22)15(2)34-13-18(31)12-30-28(3,4)11-16-5-6-20-17(10-16)7-8-36-20/h5-10,15,18,23-24,26,30-31H,11-13H2,1-4H3,(H,32,33)/t15-,18?,23+,24+,26+/m1/s1. The number of carbonyl (C=O) groups is 1. The van der Waals surface area contributed by atoms with Gasteiger partial charge >= 0.3 is 5.97 Å². The molecule has 3 N–H and O–H groups in total. The summed E-state index contributed by atoms with van der Waals surface area (Å²) < 4.78 is 13.3. The molecule has 2 aromatic carbocycles. The van der Waals surface area contributed by atoms with E-state index in [1.165, 1.54) is 15.6 Å². The first-order valence-corrected chi connectivity index (χ1v) is 13.5. The van der Waals surface area contributed by atoms with Gasteiger partial charge in [-0.05, 0) is 74.2 Å². The molecule has 192 valence electrons. The molecule has 8 heteroatoms. The molecule has 36 heavy (non-hydrogen) atoms. The normalized spacial score (nSPS) is 22.1. The lowest BCUT2D eigenvalue weighted by atomic mass is 9.94. The van der Waals surface area contributed by atoms with Crippen molar-refractivity contribution in [2.75, 3.05) is 13.2 Å². The van der Waals surface area contributed by atoms with Gasteiger partial charge in [0.05, 0.1) is 18.8 Å². The number of carboxylic acids is 1. The van der Waals surface area contributed by atoms with Gasteiger partial charge in [-0.1, -0.05) is 23.7 Å². The minimum absolute atomic E-state index is 0.126. The number of ether oxygens (including phenoxy) is 2. The van der Waals surface area contributed by atoms with Gasteiger partial charge in [-0.15, -0.1) is 11.3 Å². The number of aryl methyl sites for hydroxylation is 1. The Morgan fingerprint density at radius 2 is 2.08 bits per heavy atom. The number of hydrogen-bond acceptors (Lipinski definition) is 6. The molecule has 1 aromatic heterocycles. The molecule has 1 unspecified atom stereocenters. The lowest BCUT2D eigenvalue weighted by Crippen LogP contribution is -2.46. The molecule has 5 atom stereocenters. The average Bonchev–Trinajstić information content (AvgIpc) is 3.11. The SMILES string of the molecule is Cc1cc(Cl)c([C@@H](C)OCC(O)CNC(C)(C)Cc2ccc3sccc3c2)c2c1O[C@@H]1[C@@H](C(=O)O)[C@H]21. The van der Waals surface area contributed by atoms with Crippen LogP contribution in [0.15, 0.2) is 35.7 Å². The van der Waals surface area contributed by atoms with E-state index in [4.69, 9.17) is 21.1 Å². The van der Waals surface area contributed by atoms with Crippen LogP contribution in [0, 0.1) is 12.8 Å². The summed E-state index contributed by atoms with van der Waals surface area (Å²) in [6.07, 6.45) is -0.622. The number of carboxylic acid groups (broad SMARTS) is 1. The Morgan fingerprint density at radius 1 is 1.31 bits per heavy atom. The maximum Gasteiger partial charge on any atom is 0.311 e. The molecule has 1 aliphatic heterocycles. The molecule has 6 nitrogen and oxygen atoms in total. The topological polar surface area (TPSA) is 88.0 Å². The molecule has 1 saturated carbocycles. The molecule has 0 saturated heterocycles. The molecule has 2 aliphatic rings. The van der Waals surface area contributed by atoms with Crippen LogP contribution in [-0.4, -0.2) is 47.1 Å². The number of β-amino-alcohol motifs (C(OH)–C–C–N with tert-alkyl or cyclic N) is 1. The summed E-state index contributed by atoms with van der Waals surface area (Å²) in [5, 5.41) is 27.5.